The van der Waals surface area contributed by atoms with Gasteiger partial charge in [-0.2, -0.15) is 5.10 Å². The molecule has 2 aliphatic rings. The zero-order valence-corrected chi connectivity index (χ0v) is 15.5. The highest BCUT2D eigenvalue weighted by atomic mass is 16.2. The van der Waals surface area contributed by atoms with E-state index in [0.717, 1.165) is 36.9 Å². The van der Waals surface area contributed by atoms with Gasteiger partial charge < -0.3 is 10.2 Å². The van der Waals surface area contributed by atoms with Gasteiger partial charge in [0.05, 0.1) is 11.7 Å². The van der Waals surface area contributed by atoms with E-state index in [2.05, 4.69) is 15.4 Å². The van der Waals surface area contributed by atoms with Crippen LogP contribution in [0.5, 0.6) is 0 Å². The van der Waals surface area contributed by atoms with Gasteiger partial charge in [0, 0.05) is 24.9 Å². The standard InChI is InChI=1S/C20H25N5O2/c1-14(15-4-6-18(7-5-15)25-13-21-12-22-25)23-19(26)16-8-10-24(11-9-16)20(27)17-2-3-17/h4-7,12-14,16-17H,2-3,8-11H2,1H3,(H,23,26). The highest BCUT2D eigenvalue weighted by Gasteiger charge is 2.36. The van der Waals surface area contributed by atoms with Crippen molar-refractivity contribution in [1.29, 1.82) is 0 Å². The van der Waals surface area contributed by atoms with E-state index in [1.165, 1.54) is 6.33 Å². The quantitative estimate of drug-likeness (QED) is 0.878. The van der Waals surface area contributed by atoms with E-state index in [4.69, 9.17) is 0 Å². The fraction of sp³-hybridized carbons (Fsp3) is 0.500. The Morgan fingerprint density at radius 1 is 1.07 bits per heavy atom. The Morgan fingerprint density at radius 3 is 2.37 bits per heavy atom. The van der Waals surface area contributed by atoms with Crippen LogP contribution in [0.4, 0.5) is 0 Å². The van der Waals surface area contributed by atoms with Crippen LogP contribution in [0.25, 0.3) is 5.69 Å². The van der Waals surface area contributed by atoms with Gasteiger partial charge in [-0.25, -0.2) is 9.67 Å². The van der Waals surface area contributed by atoms with Crippen molar-refractivity contribution in [2.24, 2.45) is 11.8 Å². The normalized spacial score (nSPS) is 18.9. The minimum atomic E-state index is -0.0616. The molecule has 1 atom stereocenters. The third kappa shape index (κ3) is 4.02. The van der Waals surface area contributed by atoms with Crippen LogP contribution in [0.2, 0.25) is 0 Å². The second-order valence-electron chi connectivity index (χ2n) is 7.54. The van der Waals surface area contributed by atoms with Crippen LogP contribution in [0.3, 0.4) is 0 Å². The maximum atomic E-state index is 12.6. The largest absolute Gasteiger partial charge is 0.349 e. The van der Waals surface area contributed by atoms with E-state index in [1.807, 2.05) is 36.1 Å². The number of likely N-dealkylation sites (tertiary alicyclic amines) is 1. The van der Waals surface area contributed by atoms with Crippen LogP contribution in [0.1, 0.15) is 44.2 Å². The molecule has 1 aromatic carbocycles. The summed E-state index contributed by atoms with van der Waals surface area (Å²) < 4.78 is 1.70. The molecule has 4 rings (SSSR count). The molecular weight excluding hydrogens is 342 g/mol. The summed E-state index contributed by atoms with van der Waals surface area (Å²) in [7, 11) is 0. The van der Waals surface area contributed by atoms with E-state index in [1.54, 1.807) is 11.0 Å². The Hall–Kier alpha value is -2.70. The maximum absolute atomic E-state index is 12.6. The number of carbonyl (C=O) groups excluding carboxylic acids is 2. The summed E-state index contributed by atoms with van der Waals surface area (Å²) in [5.74, 6) is 0.622. The Bertz CT molecular complexity index is 790. The number of aromatic nitrogens is 3. The Labute approximate surface area is 158 Å². The summed E-state index contributed by atoms with van der Waals surface area (Å²) in [6.07, 6.45) is 6.73. The van der Waals surface area contributed by atoms with E-state index in [0.29, 0.717) is 13.1 Å². The number of hydrogen-bond acceptors (Lipinski definition) is 4. The number of nitrogens with one attached hydrogen (secondary N) is 1. The first-order valence-electron chi connectivity index (χ1n) is 9.66. The number of rotatable bonds is 5. The zero-order valence-electron chi connectivity index (χ0n) is 15.5. The van der Waals surface area contributed by atoms with Crippen molar-refractivity contribution in [1.82, 2.24) is 25.0 Å². The summed E-state index contributed by atoms with van der Waals surface area (Å²) in [4.78, 5) is 30.6. The lowest BCUT2D eigenvalue weighted by atomic mass is 9.95. The van der Waals surface area contributed by atoms with Gasteiger partial charge in [0.1, 0.15) is 12.7 Å². The minimum Gasteiger partial charge on any atom is -0.349 e. The predicted octanol–water partition coefficient (Wildman–Crippen LogP) is 2.09. The first-order valence-corrected chi connectivity index (χ1v) is 9.66. The molecule has 2 heterocycles. The van der Waals surface area contributed by atoms with Gasteiger partial charge >= 0.3 is 0 Å². The van der Waals surface area contributed by atoms with Crippen molar-refractivity contribution >= 4 is 11.8 Å². The van der Waals surface area contributed by atoms with Crippen LogP contribution in [0, 0.1) is 11.8 Å². The van der Waals surface area contributed by atoms with Gasteiger partial charge in [-0.3, -0.25) is 9.59 Å². The highest BCUT2D eigenvalue weighted by Crippen LogP contribution is 2.32. The number of benzene rings is 1. The molecule has 1 unspecified atom stereocenters. The third-order valence-electron chi connectivity index (χ3n) is 5.54. The van der Waals surface area contributed by atoms with Gasteiger partial charge in [-0.15, -0.1) is 0 Å². The maximum Gasteiger partial charge on any atom is 0.225 e. The molecule has 7 heteroatoms. The summed E-state index contributed by atoms with van der Waals surface area (Å²) in [6.45, 7) is 3.40. The van der Waals surface area contributed by atoms with Crippen molar-refractivity contribution in [3.05, 3.63) is 42.5 Å². The van der Waals surface area contributed by atoms with Gasteiger partial charge in [-0.1, -0.05) is 12.1 Å². The minimum absolute atomic E-state index is 0.00914. The van der Waals surface area contributed by atoms with Gasteiger partial charge in [0.2, 0.25) is 11.8 Å². The van der Waals surface area contributed by atoms with Crippen molar-refractivity contribution < 1.29 is 9.59 Å². The molecule has 1 saturated heterocycles. The summed E-state index contributed by atoms with van der Waals surface area (Å²) in [5, 5.41) is 7.23. The molecule has 1 aromatic heterocycles. The molecular formula is C20H25N5O2. The zero-order chi connectivity index (χ0) is 18.8. The smallest absolute Gasteiger partial charge is 0.225 e. The molecule has 27 heavy (non-hydrogen) atoms. The fourth-order valence-electron chi connectivity index (χ4n) is 3.62. The third-order valence-corrected chi connectivity index (χ3v) is 5.54. The number of hydrogen-bond donors (Lipinski definition) is 1. The monoisotopic (exact) mass is 367 g/mol. The molecule has 2 fully saturated rings. The fourth-order valence-corrected chi connectivity index (χ4v) is 3.62. The molecule has 0 spiro atoms. The molecule has 1 aliphatic carbocycles. The van der Waals surface area contributed by atoms with Crippen LogP contribution < -0.4 is 5.32 Å². The van der Waals surface area contributed by atoms with Gasteiger partial charge in [-0.05, 0) is 50.3 Å². The van der Waals surface area contributed by atoms with Crippen molar-refractivity contribution in [3.63, 3.8) is 0 Å². The van der Waals surface area contributed by atoms with E-state index in [9.17, 15) is 9.59 Å². The van der Waals surface area contributed by atoms with Crippen molar-refractivity contribution in [2.45, 2.75) is 38.6 Å². The first-order chi connectivity index (χ1) is 13.1. The Balaban J connectivity index is 1.29. The van der Waals surface area contributed by atoms with E-state index in [-0.39, 0.29) is 29.7 Å². The molecule has 142 valence electrons. The van der Waals surface area contributed by atoms with E-state index < -0.39 is 0 Å². The SMILES string of the molecule is CC(NC(=O)C1CCN(C(=O)C2CC2)CC1)c1ccc(-n2cncn2)cc1. The molecule has 1 saturated carbocycles. The number of carbonyl (C=O) groups is 2. The van der Waals surface area contributed by atoms with Crippen molar-refractivity contribution in [3.8, 4) is 5.69 Å². The second kappa shape index (κ2) is 7.50. The molecule has 0 bridgehead atoms. The highest BCUT2D eigenvalue weighted by molar-refractivity contribution is 5.82. The molecule has 2 aromatic rings. The van der Waals surface area contributed by atoms with Crippen LogP contribution in [-0.2, 0) is 9.59 Å². The number of nitrogens with zero attached hydrogens (tertiary/aromatic N) is 4. The predicted molar refractivity (Wildman–Crippen MR) is 99.9 cm³/mol. The summed E-state index contributed by atoms with van der Waals surface area (Å²) in [5.41, 5.74) is 1.98. The van der Waals surface area contributed by atoms with Crippen LogP contribution in [0.15, 0.2) is 36.9 Å². The summed E-state index contributed by atoms with van der Waals surface area (Å²) in [6, 6.07) is 7.87. The number of piperidine rings is 1. The lowest BCUT2D eigenvalue weighted by Crippen LogP contribution is -2.44. The van der Waals surface area contributed by atoms with Crippen LogP contribution in [-0.4, -0.2) is 44.6 Å². The Kier molecular flexibility index (Phi) is 4.92. The van der Waals surface area contributed by atoms with Crippen LogP contribution >= 0.6 is 0 Å². The molecule has 2 amide bonds. The first kappa shape index (κ1) is 17.7. The second-order valence-corrected chi connectivity index (χ2v) is 7.54. The molecule has 7 nitrogen and oxygen atoms in total. The molecule has 1 aliphatic heterocycles. The average Bonchev–Trinajstić information content (AvgIpc) is 3.41. The molecule has 1 N–H and O–H groups in total. The van der Waals surface area contributed by atoms with Gasteiger partial charge in [0.25, 0.3) is 0 Å². The van der Waals surface area contributed by atoms with Gasteiger partial charge in [0.15, 0.2) is 0 Å². The molecule has 0 radical (unpaired) electrons. The lowest BCUT2D eigenvalue weighted by molar-refractivity contribution is -0.136. The Morgan fingerprint density at radius 2 is 1.78 bits per heavy atom. The van der Waals surface area contributed by atoms with Crippen molar-refractivity contribution in [2.75, 3.05) is 13.1 Å². The number of amides is 2. The lowest BCUT2D eigenvalue weighted by Gasteiger charge is -2.32. The average molecular weight is 367 g/mol. The summed E-state index contributed by atoms with van der Waals surface area (Å²) >= 11 is 0. The van der Waals surface area contributed by atoms with E-state index >= 15 is 0 Å². The topological polar surface area (TPSA) is 80.1 Å².